The molecule has 9 heavy (non-hydrogen) atoms. The molecule has 1 nitrogen and oxygen atoms in total. The van der Waals surface area contributed by atoms with Gasteiger partial charge in [0.05, 0.1) is 12.7 Å². The molecule has 1 heteroatoms. The molecule has 0 aromatic carbocycles. The first-order chi connectivity index (χ1) is 4.30. The predicted molar refractivity (Wildman–Crippen MR) is 38.3 cm³/mol. The maximum absolute atomic E-state index is 5.43. The fraction of sp³-hybridized carbons (Fsp3) is 0.750. The van der Waals surface area contributed by atoms with Crippen LogP contribution in [0.2, 0.25) is 0 Å². The average Bonchev–Trinajstić information content (AvgIpc) is 1.99. The highest BCUT2D eigenvalue weighted by Gasteiger charge is 2.11. The third-order valence-corrected chi connectivity index (χ3v) is 1.93. The van der Waals surface area contributed by atoms with Crippen molar-refractivity contribution < 1.29 is 4.74 Å². The Morgan fingerprint density at radius 2 is 2.11 bits per heavy atom. The normalized spacial score (nSPS) is 36.2. The maximum atomic E-state index is 5.43. The standard InChI is InChI=1S/C8H14O/c1-7-5-3-4-6-9-8(7)2/h3-4,7-8H,5-6H2,1-2H3/t7-,8+/m1/s1. The van der Waals surface area contributed by atoms with Gasteiger partial charge in [-0.3, -0.25) is 0 Å². The lowest BCUT2D eigenvalue weighted by Crippen LogP contribution is -2.15. The van der Waals surface area contributed by atoms with Crippen molar-refractivity contribution in [2.75, 3.05) is 6.61 Å². The van der Waals surface area contributed by atoms with Gasteiger partial charge in [-0.25, -0.2) is 0 Å². The Balaban J connectivity index is 2.42. The molecular weight excluding hydrogens is 112 g/mol. The van der Waals surface area contributed by atoms with E-state index in [1.807, 2.05) is 0 Å². The second-order valence-corrected chi connectivity index (χ2v) is 2.72. The van der Waals surface area contributed by atoms with Gasteiger partial charge in [0.15, 0.2) is 0 Å². The van der Waals surface area contributed by atoms with Gasteiger partial charge < -0.3 is 4.74 Å². The maximum Gasteiger partial charge on any atom is 0.0651 e. The number of rotatable bonds is 0. The second kappa shape index (κ2) is 3.02. The third-order valence-electron chi connectivity index (χ3n) is 1.93. The largest absolute Gasteiger partial charge is 0.374 e. The van der Waals surface area contributed by atoms with E-state index in [-0.39, 0.29) is 0 Å². The van der Waals surface area contributed by atoms with E-state index in [1.54, 1.807) is 0 Å². The molecule has 0 saturated heterocycles. The molecule has 1 aliphatic heterocycles. The fourth-order valence-electron chi connectivity index (χ4n) is 0.942. The summed E-state index contributed by atoms with van der Waals surface area (Å²) in [5.74, 6) is 0.684. The van der Waals surface area contributed by atoms with E-state index in [0.29, 0.717) is 12.0 Å². The smallest absolute Gasteiger partial charge is 0.0651 e. The quantitative estimate of drug-likeness (QED) is 0.451. The van der Waals surface area contributed by atoms with Crippen LogP contribution in [-0.4, -0.2) is 12.7 Å². The molecule has 0 N–H and O–H groups in total. The van der Waals surface area contributed by atoms with Gasteiger partial charge >= 0.3 is 0 Å². The molecule has 0 radical (unpaired) electrons. The van der Waals surface area contributed by atoms with Crippen LogP contribution < -0.4 is 0 Å². The molecule has 0 spiro atoms. The lowest BCUT2D eigenvalue weighted by Gasteiger charge is -2.15. The van der Waals surface area contributed by atoms with E-state index in [1.165, 1.54) is 6.42 Å². The van der Waals surface area contributed by atoms with Crippen molar-refractivity contribution in [1.29, 1.82) is 0 Å². The zero-order valence-electron chi connectivity index (χ0n) is 6.13. The van der Waals surface area contributed by atoms with Crippen LogP contribution in [0.5, 0.6) is 0 Å². The first kappa shape index (κ1) is 6.81. The minimum atomic E-state index is 0.431. The van der Waals surface area contributed by atoms with Crippen LogP contribution in [0.15, 0.2) is 12.2 Å². The molecule has 0 saturated carbocycles. The number of hydrogen-bond acceptors (Lipinski definition) is 1. The van der Waals surface area contributed by atoms with Crippen LogP contribution in [0.1, 0.15) is 20.3 Å². The zero-order chi connectivity index (χ0) is 6.69. The Hall–Kier alpha value is -0.300. The fourth-order valence-corrected chi connectivity index (χ4v) is 0.942. The van der Waals surface area contributed by atoms with Crippen molar-refractivity contribution in [2.24, 2.45) is 5.92 Å². The summed E-state index contributed by atoms with van der Waals surface area (Å²) in [6, 6.07) is 0. The van der Waals surface area contributed by atoms with Crippen LogP contribution in [0.4, 0.5) is 0 Å². The Kier molecular flexibility index (Phi) is 2.29. The summed E-state index contributed by atoms with van der Waals surface area (Å²) >= 11 is 0. The van der Waals surface area contributed by atoms with Crippen molar-refractivity contribution in [1.82, 2.24) is 0 Å². The molecule has 52 valence electrons. The molecule has 0 fully saturated rings. The molecular formula is C8H14O. The third kappa shape index (κ3) is 1.83. The van der Waals surface area contributed by atoms with E-state index >= 15 is 0 Å². The molecule has 0 unspecified atom stereocenters. The molecule has 0 amide bonds. The highest BCUT2D eigenvalue weighted by molar-refractivity contribution is 4.87. The van der Waals surface area contributed by atoms with Gasteiger partial charge in [-0.15, -0.1) is 0 Å². The Labute approximate surface area is 56.7 Å². The minimum absolute atomic E-state index is 0.431. The van der Waals surface area contributed by atoms with Crippen molar-refractivity contribution in [3.63, 3.8) is 0 Å². The van der Waals surface area contributed by atoms with Crippen molar-refractivity contribution >= 4 is 0 Å². The van der Waals surface area contributed by atoms with E-state index in [4.69, 9.17) is 4.74 Å². The minimum Gasteiger partial charge on any atom is -0.374 e. The summed E-state index contributed by atoms with van der Waals surface area (Å²) in [6.07, 6.45) is 5.90. The average molecular weight is 126 g/mol. The van der Waals surface area contributed by atoms with Crippen LogP contribution >= 0.6 is 0 Å². The molecule has 0 aromatic rings. The first-order valence-electron chi connectivity index (χ1n) is 3.57. The molecule has 2 atom stereocenters. The summed E-state index contributed by atoms with van der Waals surface area (Å²) in [7, 11) is 0. The number of allylic oxidation sites excluding steroid dienone is 1. The zero-order valence-corrected chi connectivity index (χ0v) is 6.13. The lowest BCUT2D eigenvalue weighted by atomic mass is 10.0. The van der Waals surface area contributed by atoms with E-state index in [2.05, 4.69) is 26.0 Å². The van der Waals surface area contributed by atoms with Crippen LogP contribution in [-0.2, 0) is 4.74 Å². The monoisotopic (exact) mass is 126 g/mol. The summed E-state index contributed by atoms with van der Waals surface area (Å²) in [4.78, 5) is 0. The van der Waals surface area contributed by atoms with Gasteiger partial charge in [0.1, 0.15) is 0 Å². The molecule has 0 aliphatic carbocycles. The Morgan fingerprint density at radius 1 is 1.33 bits per heavy atom. The van der Waals surface area contributed by atoms with Crippen LogP contribution in [0, 0.1) is 5.92 Å². The van der Waals surface area contributed by atoms with Gasteiger partial charge in [0, 0.05) is 0 Å². The van der Waals surface area contributed by atoms with Crippen molar-refractivity contribution in [3.8, 4) is 0 Å². The van der Waals surface area contributed by atoms with Gasteiger partial charge in [0.25, 0.3) is 0 Å². The SMILES string of the molecule is C[C@@H]1CC=CCO[C@H]1C. The van der Waals surface area contributed by atoms with Crippen LogP contribution in [0.25, 0.3) is 0 Å². The molecule has 0 bridgehead atoms. The molecule has 1 rings (SSSR count). The van der Waals surface area contributed by atoms with E-state index < -0.39 is 0 Å². The summed E-state index contributed by atoms with van der Waals surface area (Å²) in [6.45, 7) is 5.16. The number of ether oxygens (including phenoxy) is 1. The molecule has 1 heterocycles. The van der Waals surface area contributed by atoms with E-state index in [0.717, 1.165) is 6.61 Å². The van der Waals surface area contributed by atoms with Gasteiger partial charge in [-0.1, -0.05) is 19.1 Å². The summed E-state index contributed by atoms with van der Waals surface area (Å²) in [5, 5.41) is 0. The number of hydrogen-bond donors (Lipinski definition) is 0. The van der Waals surface area contributed by atoms with Gasteiger partial charge in [-0.2, -0.15) is 0 Å². The van der Waals surface area contributed by atoms with Gasteiger partial charge in [0.2, 0.25) is 0 Å². The Bertz CT molecular complexity index is 107. The summed E-state index contributed by atoms with van der Waals surface area (Å²) < 4.78 is 5.43. The second-order valence-electron chi connectivity index (χ2n) is 2.72. The van der Waals surface area contributed by atoms with Crippen molar-refractivity contribution in [3.05, 3.63) is 12.2 Å². The molecule has 1 aliphatic rings. The highest BCUT2D eigenvalue weighted by atomic mass is 16.5. The lowest BCUT2D eigenvalue weighted by molar-refractivity contribution is 0.0548. The predicted octanol–water partition coefficient (Wildman–Crippen LogP) is 1.99. The van der Waals surface area contributed by atoms with Crippen molar-refractivity contribution in [2.45, 2.75) is 26.4 Å². The highest BCUT2D eigenvalue weighted by Crippen LogP contribution is 2.14. The topological polar surface area (TPSA) is 9.23 Å². The Morgan fingerprint density at radius 3 is 2.89 bits per heavy atom. The summed E-state index contributed by atoms with van der Waals surface area (Å²) in [5.41, 5.74) is 0. The first-order valence-corrected chi connectivity index (χ1v) is 3.57. The molecule has 0 aromatic heterocycles. The van der Waals surface area contributed by atoms with E-state index in [9.17, 15) is 0 Å². The van der Waals surface area contributed by atoms with Gasteiger partial charge in [-0.05, 0) is 19.3 Å². The van der Waals surface area contributed by atoms with Crippen LogP contribution in [0.3, 0.4) is 0 Å².